The van der Waals surface area contributed by atoms with Gasteiger partial charge in [-0.2, -0.15) is 0 Å². The second kappa shape index (κ2) is 7.68. The molecule has 1 aliphatic rings. The number of nitrogens with one attached hydrogen (secondary N) is 2. The number of aryl methyl sites for hydroxylation is 1. The first-order chi connectivity index (χ1) is 12.0. The summed E-state index contributed by atoms with van der Waals surface area (Å²) in [7, 11) is -3.51. The molecule has 134 valence electrons. The van der Waals surface area contributed by atoms with Crippen molar-refractivity contribution in [1.29, 1.82) is 0 Å². The van der Waals surface area contributed by atoms with Crippen LogP contribution in [0, 0.1) is 5.92 Å². The highest BCUT2D eigenvalue weighted by molar-refractivity contribution is 7.91. The second-order valence-corrected chi connectivity index (χ2v) is 9.38. The van der Waals surface area contributed by atoms with Crippen molar-refractivity contribution in [2.45, 2.75) is 43.4 Å². The van der Waals surface area contributed by atoms with Gasteiger partial charge >= 0.3 is 0 Å². The van der Waals surface area contributed by atoms with Crippen molar-refractivity contribution >= 4 is 33.0 Å². The van der Waals surface area contributed by atoms with Gasteiger partial charge in [0.05, 0.1) is 0 Å². The Morgan fingerprint density at radius 1 is 1.24 bits per heavy atom. The number of rotatable bonds is 7. The summed E-state index contributed by atoms with van der Waals surface area (Å²) in [5, 5.41) is 2.91. The first kappa shape index (κ1) is 18.1. The van der Waals surface area contributed by atoms with Gasteiger partial charge in [-0.05, 0) is 49.1 Å². The maximum Gasteiger partial charge on any atom is 0.250 e. The molecule has 1 fully saturated rings. The van der Waals surface area contributed by atoms with Crippen LogP contribution in [0.15, 0.2) is 40.6 Å². The van der Waals surface area contributed by atoms with Gasteiger partial charge in [0.15, 0.2) is 0 Å². The summed E-state index contributed by atoms with van der Waals surface area (Å²) in [5.74, 6) is 0.170. The van der Waals surface area contributed by atoms with Gasteiger partial charge in [-0.1, -0.05) is 25.5 Å². The Morgan fingerprint density at radius 3 is 2.68 bits per heavy atom. The number of hydrogen-bond donors (Lipinski definition) is 2. The summed E-state index contributed by atoms with van der Waals surface area (Å²) < 4.78 is 27.7. The molecule has 0 radical (unpaired) electrons. The quantitative estimate of drug-likeness (QED) is 0.774. The van der Waals surface area contributed by atoms with E-state index in [9.17, 15) is 13.2 Å². The van der Waals surface area contributed by atoms with Gasteiger partial charge in [0, 0.05) is 23.0 Å². The van der Waals surface area contributed by atoms with Crippen molar-refractivity contribution < 1.29 is 13.2 Å². The Bertz CT molecular complexity index is 855. The van der Waals surface area contributed by atoms with Gasteiger partial charge in [-0.25, -0.2) is 13.1 Å². The molecule has 3 rings (SSSR count). The van der Waals surface area contributed by atoms with Crippen LogP contribution in [0.1, 0.15) is 36.6 Å². The van der Waals surface area contributed by atoms with Crippen molar-refractivity contribution in [3.05, 3.63) is 46.8 Å². The van der Waals surface area contributed by atoms with E-state index < -0.39 is 10.0 Å². The molecule has 25 heavy (non-hydrogen) atoms. The largest absolute Gasteiger partial charge is 0.326 e. The summed E-state index contributed by atoms with van der Waals surface area (Å²) in [6, 6.07) is 10.8. The fourth-order valence-electron chi connectivity index (χ4n) is 2.62. The molecule has 2 N–H and O–H groups in total. The predicted molar refractivity (Wildman–Crippen MR) is 100 cm³/mol. The molecule has 1 saturated carbocycles. The highest BCUT2D eigenvalue weighted by atomic mass is 32.2. The predicted octanol–water partition coefficient (Wildman–Crippen LogP) is 3.53. The monoisotopic (exact) mass is 378 g/mol. The lowest BCUT2D eigenvalue weighted by Crippen LogP contribution is -2.28. The molecule has 2 aromatic rings. The molecule has 1 amide bonds. The van der Waals surface area contributed by atoms with Crippen LogP contribution in [0.5, 0.6) is 0 Å². The molecule has 0 aliphatic heterocycles. The smallest absolute Gasteiger partial charge is 0.250 e. The van der Waals surface area contributed by atoms with E-state index in [0.717, 1.165) is 36.1 Å². The molecule has 0 spiro atoms. The molecule has 1 heterocycles. The molecule has 1 aliphatic carbocycles. The average molecular weight is 379 g/mol. The molecular weight excluding hydrogens is 356 g/mol. The van der Waals surface area contributed by atoms with Crippen LogP contribution in [0.2, 0.25) is 0 Å². The number of sulfonamides is 1. The van der Waals surface area contributed by atoms with Gasteiger partial charge in [-0.15, -0.1) is 11.3 Å². The van der Waals surface area contributed by atoms with Crippen molar-refractivity contribution in [1.82, 2.24) is 4.72 Å². The van der Waals surface area contributed by atoms with Gasteiger partial charge in [0.25, 0.3) is 0 Å². The van der Waals surface area contributed by atoms with Crippen LogP contribution < -0.4 is 10.0 Å². The van der Waals surface area contributed by atoms with Crippen molar-refractivity contribution in [3.63, 3.8) is 0 Å². The van der Waals surface area contributed by atoms with Crippen LogP contribution in [-0.2, 0) is 27.8 Å². The van der Waals surface area contributed by atoms with Crippen molar-refractivity contribution in [2.24, 2.45) is 5.92 Å². The van der Waals surface area contributed by atoms with Gasteiger partial charge in [0.2, 0.25) is 15.9 Å². The molecule has 1 aromatic heterocycles. The molecule has 0 atom stereocenters. The van der Waals surface area contributed by atoms with Gasteiger partial charge in [-0.3, -0.25) is 4.79 Å². The Kier molecular flexibility index (Phi) is 5.56. The zero-order valence-electron chi connectivity index (χ0n) is 14.1. The fourth-order valence-corrected chi connectivity index (χ4v) is 4.97. The molecular formula is C18H22N2O3S2. The number of benzene rings is 1. The first-order valence-electron chi connectivity index (χ1n) is 8.46. The van der Waals surface area contributed by atoms with Crippen molar-refractivity contribution in [3.8, 4) is 0 Å². The lowest BCUT2D eigenvalue weighted by atomic mass is 9.85. The molecule has 5 nitrogen and oxygen atoms in total. The number of carbonyl (C=O) groups is 1. The normalized spacial score (nSPS) is 14.9. The number of anilines is 1. The Hall–Kier alpha value is -1.70. The average Bonchev–Trinajstić information content (AvgIpc) is 3.02. The van der Waals surface area contributed by atoms with E-state index in [1.807, 2.05) is 37.3 Å². The standard InChI is InChI=1S/C18H22N2O3S2/c1-2-16-9-10-17(24-16)25(22,23)19-12-13-5-3-8-15(11-13)20-18(21)14-6-4-7-14/h3,5,8-11,14,19H,2,4,6-7,12H2,1H3,(H,20,21). The third kappa shape index (κ3) is 4.48. The Morgan fingerprint density at radius 2 is 2.04 bits per heavy atom. The minimum Gasteiger partial charge on any atom is -0.326 e. The maximum absolute atomic E-state index is 12.4. The molecule has 0 unspecified atom stereocenters. The first-order valence-corrected chi connectivity index (χ1v) is 10.8. The highest BCUT2D eigenvalue weighted by Crippen LogP contribution is 2.27. The fraction of sp³-hybridized carbons (Fsp3) is 0.389. The number of hydrogen-bond acceptors (Lipinski definition) is 4. The zero-order valence-corrected chi connectivity index (χ0v) is 15.8. The van der Waals surface area contributed by atoms with Crippen LogP contribution in [0.3, 0.4) is 0 Å². The van der Waals surface area contributed by atoms with Crippen molar-refractivity contribution in [2.75, 3.05) is 5.32 Å². The molecule has 0 saturated heterocycles. The summed E-state index contributed by atoms with van der Waals surface area (Å²) in [6.45, 7) is 2.19. The van der Waals surface area contributed by atoms with Crippen LogP contribution in [0.4, 0.5) is 5.69 Å². The molecule has 7 heteroatoms. The lowest BCUT2D eigenvalue weighted by Gasteiger charge is -2.24. The van der Waals surface area contributed by atoms with E-state index in [2.05, 4.69) is 10.0 Å². The number of thiophene rings is 1. The van der Waals surface area contributed by atoms with E-state index in [1.54, 1.807) is 6.07 Å². The van der Waals surface area contributed by atoms with E-state index in [4.69, 9.17) is 0 Å². The van der Waals surface area contributed by atoms with E-state index in [-0.39, 0.29) is 18.4 Å². The summed E-state index contributed by atoms with van der Waals surface area (Å²) in [4.78, 5) is 13.1. The minimum atomic E-state index is -3.51. The van der Waals surface area contributed by atoms with Crippen LogP contribution >= 0.6 is 11.3 Å². The van der Waals surface area contributed by atoms with Crippen LogP contribution in [-0.4, -0.2) is 14.3 Å². The maximum atomic E-state index is 12.4. The third-order valence-electron chi connectivity index (χ3n) is 4.39. The Labute approximate surface area is 152 Å². The third-order valence-corrected chi connectivity index (χ3v) is 7.51. The zero-order chi connectivity index (χ0) is 17.9. The molecule has 1 aromatic carbocycles. The van der Waals surface area contributed by atoms with E-state index in [1.165, 1.54) is 11.3 Å². The highest BCUT2D eigenvalue weighted by Gasteiger charge is 2.25. The summed E-state index contributed by atoms with van der Waals surface area (Å²) in [5.41, 5.74) is 1.51. The minimum absolute atomic E-state index is 0.0506. The summed E-state index contributed by atoms with van der Waals surface area (Å²) in [6.07, 6.45) is 3.84. The Balaban J connectivity index is 1.62. The van der Waals surface area contributed by atoms with Crippen LogP contribution in [0.25, 0.3) is 0 Å². The number of amides is 1. The SMILES string of the molecule is CCc1ccc(S(=O)(=O)NCc2cccc(NC(=O)C3CCC3)c2)s1. The van der Waals surface area contributed by atoms with E-state index >= 15 is 0 Å². The van der Waals surface area contributed by atoms with Gasteiger partial charge in [0.1, 0.15) is 4.21 Å². The summed E-state index contributed by atoms with van der Waals surface area (Å²) >= 11 is 1.29. The number of carbonyl (C=O) groups excluding carboxylic acids is 1. The lowest BCUT2D eigenvalue weighted by molar-refractivity contribution is -0.122. The second-order valence-electron chi connectivity index (χ2n) is 6.22. The topological polar surface area (TPSA) is 75.3 Å². The van der Waals surface area contributed by atoms with E-state index in [0.29, 0.717) is 9.90 Å². The van der Waals surface area contributed by atoms with Gasteiger partial charge < -0.3 is 5.32 Å². The molecule has 0 bridgehead atoms.